The number of ether oxygens (including phenoxy) is 2. The van der Waals surface area contributed by atoms with E-state index in [4.69, 9.17) is 21.1 Å². The molecule has 1 aliphatic rings. The molecule has 0 unspecified atom stereocenters. The molecule has 1 heterocycles. The van der Waals surface area contributed by atoms with Crippen LogP contribution in [0.4, 0.5) is 4.39 Å². The summed E-state index contributed by atoms with van der Waals surface area (Å²) in [4.78, 5) is 11.6. The van der Waals surface area contributed by atoms with E-state index in [1.165, 1.54) is 12.1 Å². The second-order valence-electron chi connectivity index (χ2n) is 4.94. The molecule has 0 radical (unpaired) electrons. The van der Waals surface area contributed by atoms with Gasteiger partial charge in [-0.25, -0.2) is 4.39 Å². The molecule has 0 bridgehead atoms. The molecule has 1 aromatic carbocycles. The molecule has 0 atom stereocenters. The minimum Gasteiger partial charge on any atom is -0.482 e. The van der Waals surface area contributed by atoms with E-state index < -0.39 is 5.82 Å². The predicted octanol–water partition coefficient (Wildman–Crippen LogP) is 2.01. The highest BCUT2D eigenvalue weighted by Gasteiger charge is 2.33. The van der Waals surface area contributed by atoms with E-state index >= 15 is 0 Å². The maximum atomic E-state index is 12.8. The van der Waals surface area contributed by atoms with Crippen LogP contribution >= 0.6 is 11.6 Å². The quantitative estimate of drug-likeness (QED) is 0.901. The van der Waals surface area contributed by atoms with Gasteiger partial charge in [0.1, 0.15) is 11.6 Å². The first-order valence-electron chi connectivity index (χ1n) is 5.91. The molecule has 1 fully saturated rings. The first-order chi connectivity index (χ1) is 8.98. The van der Waals surface area contributed by atoms with Gasteiger partial charge in [-0.2, -0.15) is 0 Å². The molecule has 19 heavy (non-hydrogen) atoms. The van der Waals surface area contributed by atoms with E-state index in [1.807, 2.05) is 6.92 Å². The Balaban J connectivity index is 1.76. The zero-order chi connectivity index (χ0) is 13.9. The van der Waals surface area contributed by atoms with Gasteiger partial charge in [-0.15, -0.1) is 0 Å². The van der Waals surface area contributed by atoms with Crippen LogP contribution in [0.2, 0.25) is 5.02 Å². The van der Waals surface area contributed by atoms with Gasteiger partial charge in [-0.1, -0.05) is 18.5 Å². The molecule has 1 N–H and O–H groups in total. The fourth-order valence-electron chi connectivity index (χ4n) is 1.65. The van der Waals surface area contributed by atoms with Crippen LogP contribution in [0, 0.1) is 11.2 Å². The lowest BCUT2D eigenvalue weighted by molar-refractivity contribution is -0.128. The summed E-state index contributed by atoms with van der Waals surface area (Å²) in [6, 6.07) is 3.76. The minimum absolute atomic E-state index is 0.0170. The van der Waals surface area contributed by atoms with E-state index in [9.17, 15) is 9.18 Å². The summed E-state index contributed by atoms with van der Waals surface area (Å²) >= 11 is 5.78. The van der Waals surface area contributed by atoms with Gasteiger partial charge in [-0.05, 0) is 18.2 Å². The van der Waals surface area contributed by atoms with Gasteiger partial charge < -0.3 is 14.8 Å². The van der Waals surface area contributed by atoms with Crippen LogP contribution in [0.5, 0.6) is 5.75 Å². The molecule has 0 aromatic heterocycles. The molecule has 0 saturated carbocycles. The van der Waals surface area contributed by atoms with Crippen molar-refractivity contribution in [2.75, 3.05) is 26.4 Å². The lowest BCUT2D eigenvalue weighted by Crippen LogP contribution is -2.49. The van der Waals surface area contributed by atoms with E-state index in [-0.39, 0.29) is 28.7 Å². The van der Waals surface area contributed by atoms with Crippen molar-refractivity contribution < 1.29 is 18.7 Å². The normalized spacial score (nSPS) is 16.6. The Bertz CT molecular complexity index is 477. The van der Waals surface area contributed by atoms with Crippen molar-refractivity contribution in [3.63, 3.8) is 0 Å². The summed E-state index contributed by atoms with van der Waals surface area (Å²) in [5.41, 5.74) is 0.0170. The van der Waals surface area contributed by atoms with Crippen LogP contribution < -0.4 is 10.1 Å². The van der Waals surface area contributed by atoms with Gasteiger partial charge in [-0.3, -0.25) is 4.79 Å². The molecule has 4 nitrogen and oxygen atoms in total. The zero-order valence-electron chi connectivity index (χ0n) is 10.5. The molecule has 1 saturated heterocycles. The Hall–Kier alpha value is -1.33. The third kappa shape index (κ3) is 3.81. The monoisotopic (exact) mass is 287 g/mol. The molecule has 1 aliphatic heterocycles. The zero-order valence-corrected chi connectivity index (χ0v) is 11.3. The second kappa shape index (κ2) is 5.75. The standard InChI is InChI=1S/C13H15ClFNO3/c1-13(7-18-8-13)6-16-12(17)5-19-11-3-2-9(15)4-10(11)14/h2-4H,5-8H2,1H3,(H,16,17). The Morgan fingerprint density at radius 3 is 2.89 bits per heavy atom. The van der Waals surface area contributed by atoms with E-state index in [1.54, 1.807) is 0 Å². The van der Waals surface area contributed by atoms with Crippen LogP contribution in [0.3, 0.4) is 0 Å². The van der Waals surface area contributed by atoms with Gasteiger partial charge >= 0.3 is 0 Å². The molecular formula is C13H15ClFNO3. The highest BCUT2D eigenvalue weighted by Crippen LogP contribution is 2.26. The summed E-state index contributed by atoms with van der Waals surface area (Å²) in [5, 5.41) is 2.91. The molecule has 2 rings (SSSR count). The Kier molecular flexibility index (Phi) is 4.27. The summed E-state index contributed by atoms with van der Waals surface area (Å²) < 4.78 is 23.1. The SMILES string of the molecule is CC1(CNC(=O)COc2ccc(F)cc2Cl)COC1. The molecule has 104 valence electrons. The average molecular weight is 288 g/mol. The van der Waals surface area contributed by atoms with Gasteiger partial charge in [0.2, 0.25) is 0 Å². The van der Waals surface area contributed by atoms with Crippen LogP contribution in [0.25, 0.3) is 0 Å². The number of carbonyl (C=O) groups is 1. The lowest BCUT2D eigenvalue weighted by atomic mass is 9.89. The van der Waals surface area contributed by atoms with Crippen LogP contribution in [0.1, 0.15) is 6.92 Å². The smallest absolute Gasteiger partial charge is 0.257 e. The summed E-state index contributed by atoms with van der Waals surface area (Å²) in [7, 11) is 0. The van der Waals surface area contributed by atoms with Gasteiger partial charge in [0.05, 0.1) is 18.2 Å². The van der Waals surface area contributed by atoms with Crippen LogP contribution in [-0.4, -0.2) is 32.3 Å². The number of hydrogen-bond acceptors (Lipinski definition) is 3. The van der Waals surface area contributed by atoms with Gasteiger partial charge in [0.25, 0.3) is 5.91 Å². The fraction of sp³-hybridized carbons (Fsp3) is 0.462. The van der Waals surface area contributed by atoms with Crippen molar-refractivity contribution in [3.05, 3.63) is 29.0 Å². The number of carbonyl (C=O) groups excluding carboxylic acids is 1. The van der Waals surface area contributed by atoms with Crippen LogP contribution in [0.15, 0.2) is 18.2 Å². The topological polar surface area (TPSA) is 47.6 Å². The summed E-state index contributed by atoms with van der Waals surface area (Å²) in [5.74, 6) is -0.398. The third-order valence-electron chi connectivity index (χ3n) is 2.87. The molecule has 1 amide bonds. The average Bonchev–Trinajstić information content (AvgIpc) is 2.33. The Morgan fingerprint density at radius 2 is 2.32 bits per heavy atom. The number of amides is 1. The highest BCUT2D eigenvalue weighted by molar-refractivity contribution is 6.32. The van der Waals surface area contributed by atoms with E-state index in [0.29, 0.717) is 19.8 Å². The molecular weight excluding hydrogens is 273 g/mol. The van der Waals surface area contributed by atoms with Crippen molar-refractivity contribution in [3.8, 4) is 5.75 Å². The number of benzene rings is 1. The minimum atomic E-state index is -0.445. The largest absolute Gasteiger partial charge is 0.482 e. The Morgan fingerprint density at radius 1 is 1.58 bits per heavy atom. The second-order valence-corrected chi connectivity index (χ2v) is 5.35. The van der Waals surface area contributed by atoms with E-state index in [0.717, 1.165) is 6.07 Å². The molecule has 0 spiro atoms. The fourth-order valence-corrected chi connectivity index (χ4v) is 1.87. The van der Waals surface area contributed by atoms with Crippen molar-refractivity contribution in [2.24, 2.45) is 5.41 Å². The maximum absolute atomic E-state index is 12.8. The number of rotatable bonds is 5. The Labute approximate surface area is 115 Å². The highest BCUT2D eigenvalue weighted by atomic mass is 35.5. The number of nitrogens with one attached hydrogen (secondary N) is 1. The summed E-state index contributed by atoms with van der Waals surface area (Å²) in [6.07, 6.45) is 0. The predicted molar refractivity (Wildman–Crippen MR) is 68.8 cm³/mol. The summed E-state index contributed by atoms with van der Waals surface area (Å²) in [6.45, 7) is 3.74. The van der Waals surface area contributed by atoms with Crippen molar-refractivity contribution in [1.29, 1.82) is 0 Å². The lowest BCUT2D eigenvalue weighted by Gasteiger charge is -2.37. The maximum Gasteiger partial charge on any atom is 0.257 e. The number of halogens is 2. The van der Waals surface area contributed by atoms with Crippen molar-refractivity contribution >= 4 is 17.5 Å². The van der Waals surface area contributed by atoms with Gasteiger partial charge in [0.15, 0.2) is 6.61 Å². The van der Waals surface area contributed by atoms with Crippen molar-refractivity contribution in [2.45, 2.75) is 6.92 Å². The molecule has 0 aliphatic carbocycles. The van der Waals surface area contributed by atoms with Crippen molar-refractivity contribution in [1.82, 2.24) is 5.32 Å². The first-order valence-corrected chi connectivity index (χ1v) is 6.29. The van der Waals surface area contributed by atoms with Gasteiger partial charge in [0, 0.05) is 12.0 Å². The first kappa shape index (κ1) is 14.1. The molecule has 1 aromatic rings. The molecule has 6 heteroatoms. The van der Waals surface area contributed by atoms with E-state index in [2.05, 4.69) is 5.32 Å². The van der Waals surface area contributed by atoms with Crippen LogP contribution in [-0.2, 0) is 9.53 Å². The third-order valence-corrected chi connectivity index (χ3v) is 3.16. The number of hydrogen-bond donors (Lipinski definition) is 1.